The Kier molecular flexibility index (Phi) is 2.50. The van der Waals surface area contributed by atoms with Gasteiger partial charge in [0.2, 0.25) is 0 Å². The van der Waals surface area contributed by atoms with Crippen LogP contribution in [-0.2, 0) is 0 Å². The number of hydrogen-bond donors (Lipinski definition) is 2. The van der Waals surface area contributed by atoms with Crippen LogP contribution in [0.4, 0.5) is 5.69 Å². The Morgan fingerprint density at radius 1 is 1.46 bits per heavy atom. The Morgan fingerprint density at radius 3 is 2.69 bits per heavy atom. The van der Waals surface area contributed by atoms with Crippen LogP contribution in [0.25, 0.3) is 0 Å². The average Bonchev–Trinajstić information content (AvgIpc) is 2.08. The minimum atomic E-state index is -0.0363. The van der Waals surface area contributed by atoms with Gasteiger partial charge in [-0.05, 0) is 18.6 Å². The number of para-hydroxylation sites is 1. The molecule has 0 fully saturated rings. The molecule has 66 valence electrons. The lowest BCUT2D eigenvalue weighted by Gasteiger charge is -2.01. The normalized spacial score (nSPS) is 8.92. The molecule has 0 heterocycles. The molecule has 0 aliphatic rings. The van der Waals surface area contributed by atoms with Crippen LogP contribution >= 0.6 is 0 Å². The van der Waals surface area contributed by atoms with Crippen molar-refractivity contribution in [2.45, 2.75) is 6.92 Å². The highest BCUT2D eigenvalue weighted by Crippen LogP contribution is 2.22. The molecule has 13 heavy (non-hydrogen) atoms. The van der Waals surface area contributed by atoms with E-state index in [2.05, 4.69) is 4.99 Å². The molecule has 0 aromatic heterocycles. The molecule has 0 bridgehead atoms. The first-order valence-corrected chi connectivity index (χ1v) is 3.74. The summed E-state index contributed by atoms with van der Waals surface area (Å²) < 4.78 is 0. The van der Waals surface area contributed by atoms with Gasteiger partial charge < -0.3 is 11.5 Å². The van der Waals surface area contributed by atoms with Crippen molar-refractivity contribution in [2.75, 3.05) is 0 Å². The Bertz CT molecular complexity index is 383. The van der Waals surface area contributed by atoms with Gasteiger partial charge in [0.1, 0.15) is 6.07 Å². The van der Waals surface area contributed by atoms with Gasteiger partial charge >= 0.3 is 0 Å². The van der Waals surface area contributed by atoms with E-state index in [1.54, 1.807) is 12.1 Å². The number of guanidine groups is 1. The topological polar surface area (TPSA) is 88.2 Å². The molecule has 4 N–H and O–H groups in total. The second-order valence-corrected chi connectivity index (χ2v) is 2.62. The molecule has 0 saturated heterocycles. The third-order valence-electron chi connectivity index (χ3n) is 1.60. The molecule has 1 aromatic rings. The van der Waals surface area contributed by atoms with Crippen LogP contribution in [-0.4, -0.2) is 5.96 Å². The molecule has 0 unspecified atom stereocenters. The summed E-state index contributed by atoms with van der Waals surface area (Å²) in [6.07, 6.45) is 0. The van der Waals surface area contributed by atoms with Gasteiger partial charge in [-0.2, -0.15) is 5.26 Å². The lowest BCUT2D eigenvalue weighted by Crippen LogP contribution is -2.22. The highest BCUT2D eigenvalue weighted by atomic mass is 15.0. The molecule has 1 aromatic carbocycles. The standard InChI is InChI=1S/C9H10N4/c1-6-3-2-4-7(5-10)8(6)13-9(11)12/h2-4H,1H3,(H4,11,12,13). The molecule has 0 aliphatic carbocycles. The maximum absolute atomic E-state index is 8.75. The quantitative estimate of drug-likeness (QED) is 0.487. The van der Waals surface area contributed by atoms with Crippen molar-refractivity contribution in [3.8, 4) is 6.07 Å². The first-order chi connectivity index (χ1) is 6.15. The average molecular weight is 174 g/mol. The molecule has 0 saturated carbocycles. The number of aryl methyl sites for hydroxylation is 1. The van der Waals surface area contributed by atoms with Gasteiger partial charge in [-0.15, -0.1) is 0 Å². The first kappa shape index (κ1) is 9.07. The van der Waals surface area contributed by atoms with Gasteiger partial charge in [-0.1, -0.05) is 12.1 Å². The maximum atomic E-state index is 8.75. The van der Waals surface area contributed by atoms with Crippen LogP contribution in [0.1, 0.15) is 11.1 Å². The fourth-order valence-electron chi connectivity index (χ4n) is 1.03. The summed E-state index contributed by atoms with van der Waals surface area (Å²) in [4.78, 5) is 3.88. The third kappa shape index (κ3) is 1.97. The molecular weight excluding hydrogens is 164 g/mol. The first-order valence-electron chi connectivity index (χ1n) is 3.74. The zero-order valence-corrected chi connectivity index (χ0v) is 7.28. The fourth-order valence-corrected chi connectivity index (χ4v) is 1.03. The third-order valence-corrected chi connectivity index (χ3v) is 1.60. The second-order valence-electron chi connectivity index (χ2n) is 2.62. The van der Waals surface area contributed by atoms with E-state index in [1.807, 2.05) is 19.1 Å². The predicted molar refractivity (Wildman–Crippen MR) is 51.4 cm³/mol. The van der Waals surface area contributed by atoms with E-state index in [0.717, 1.165) is 5.56 Å². The Hall–Kier alpha value is -2.02. The minimum absolute atomic E-state index is 0.0363. The monoisotopic (exact) mass is 174 g/mol. The van der Waals surface area contributed by atoms with Crippen LogP contribution in [0.5, 0.6) is 0 Å². The number of hydrogen-bond acceptors (Lipinski definition) is 2. The van der Waals surface area contributed by atoms with Crippen molar-refractivity contribution in [2.24, 2.45) is 16.5 Å². The Balaban J connectivity index is 3.34. The zero-order valence-electron chi connectivity index (χ0n) is 7.28. The lowest BCUT2D eigenvalue weighted by atomic mass is 10.1. The predicted octanol–water partition coefficient (Wildman–Crippen LogP) is 0.772. The Morgan fingerprint density at radius 2 is 2.15 bits per heavy atom. The number of nitriles is 1. The summed E-state index contributed by atoms with van der Waals surface area (Å²) in [5.74, 6) is -0.0363. The van der Waals surface area contributed by atoms with Crippen LogP contribution in [0.3, 0.4) is 0 Å². The summed E-state index contributed by atoms with van der Waals surface area (Å²) in [5.41, 5.74) is 12.4. The zero-order chi connectivity index (χ0) is 9.84. The van der Waals surface area contributed by atoms with Crippen LogP contribution in [0.2, 0.25) is 0 Å². The van der Waals surface area contributed by atoms with Crippen molar-refractivity contribution in [3.05, 3.63) is 29.3 Å². The van der Waals surface area contributed by atoms with Gasteiger partial charge in [0.05, 0.1) is 11.3 Å². The van der Waals surface area contributed by atoms with E-state index in [9.17, 15) is 0 Å². The minimum Gasteiger partial charge on any atom is -0.370 e. The SMILES string of the molecule is Cc1cccc(C#N)c1N=C(N)N. The van der Waals surface area contributed by atoms with Gasteiger partial charge in [0.15, 0.2) is 5.96 Å². The van der Waals surface area contributed by atoms with E-state index in [-0.39, 0.29) is 5.96 Å². The number of nitrogens with zero attached hydrogens (tertiary/aromatic N) is 2. The summed E-state index contributed by atoms with van der Waals surface area (Å²) in [7, 11) is 0. The number of benzene rings is 1. The summed E-state index contributed by atoms with van der Waals surface area (Å²) in [6, 6.07) is 7.34. The van der Waals surface area contributed by atoms with Crippen molar-refractivity contribution in [1.82, 2.24) is 0 Å². The van der Waals surface area contributed by atoms with Crippen LogP contribution < -0.4 is 11.5 Å². The van der Waals surface area contributed by atoms with E-state index < -0.39 is 0 Å². The number of aliphatic imine (C=N–C) groups is 1. The summed E-state index contributed by atoms with van der Waals surface area (Å²) in [5, 5.41) is 8.75. The van der Waals surface area contributed by atoms with Crippen molar-refractivity contribution in [1.29, 1.82) is 5.26 Å². The molecule has 0 spiro atoms. The molecule has 0 atom stereocenters. The summed E-state index contributed by atoms with van der Waals surface area (Å²) >= 11 is 0. The molecule has 4 heteroatoms. The van der Waals surface area contributed by atoms with Crippen molar-refractivity contribution in [3.63, 3.8) is 0 Å². The van der Waals surface area contributed by atoms with Crippen molar-refractivity contribution >= 4 is 11.6 Å². The van der Waals surface area contributed by atoms with Crippen LogP contribution in [0.15, 0.2) is 23.2 Å². The fraction of sp³-hybridized carbons (Fsp3) is 0.111. The van der Waals surface area contributed by atoms with Gasteiger partial charge in [-0.3, -0.25) is 0 Å². The molecule has 0 amide bonds. The number of rotatable bonds is 1. The van der Waals surface area contributed by atoms with E-state index in [4.69, 9.17) is 16.7 Å². The largest absolute Gasteiger partial charge is 0.370 e. The molecular formula is C9H10N4. The van der Waals surface area contributed by atoms with E-state index in [0.29, 0.717) is 11.3 Å². The molecule has 0 radical (unpaired) electrons. The summed E-state index contributed by atoms with van der Waals surface area (Å²) in [6.45, 7) is 1.85. The maximum Gasteiger partial charge on any atom is 0.191 e. The number of nitrogens with two attached hydrogens (primary N) is 2. The van der Waals surface area contributed by atoms with Gasteiger partial charge in [-0.25, -0.2) is 4.99 Å². The highest BCUT2D eigenvalue weighted by molar-refractivity contribution is 5.80. The van der Waals surface area contributed by atoms with Gasteiger partial charge in [0, 0.05) is 0 Å². The lowest BCUT2D eigenvalue weighted by molar-refractivity contribution is 1.33. The van der Waals surface area contributed by atoms with E-state index >= 15 is 0 Å². The Labute approximate surface area is 76.5 Å². The molecule has 4 nitrogen and oxygen atoms in total. The van der Waals surface area contributed by atoms with Crippen LogP contribution in [0, 0.1) is 18.3 Å². The van der Waals surface area contributed by atoms with E-state index in [1.165, 1.54) is 0 Å². The molecule has 1 rings (SSSR count). The smallest absolute Gasteiger partial charge is 0.191 e. The second kappa shape index (κ2) is 3.59. The van der Waals surface area contributed by atoms with Crippen molar-refractivity contribution < 1.29 is 0 Å². The highest BCUT2D eigenvalue weighted by Gasteiger charge is 2.02. The van der Waals surface area contributed by atoms with Gasteiger partial charge in [0.25, 0.3) is 0 Å². The molecule has 0 aliphatic heterocycles.